The number of benzene rings is 6. The number of phenolic OH excluding ortho intramolecular Hbond substituents is 1. The van der Waals surface area contributed by atoms with Crippen LogP contribution in [0.4, 0.5) is 0 Å². The minimum absolute atomic E-state index is 0.0311. The van der Waals surface area contributed by atoms with Crippen LogP contribution in [0.25, 0.3) is 32.7 Å². The van der Waals surface area contributed by atoms with E-state index in [4.69, 9.17) is 5.73 Å². The summed E-state index contributed by atoms with van der Waals surface area (Å²) >= 11 is 0.834. The highest BCUT2D eigenvalue weighted by Crippen LogP contribution is 2.26. The Labute approximate surface area is 773 Å². The molecule has 10 rings (SSSR count). The lowest BCUT2D eigenvalue weighted by Gasteiger charge is -2.37. The largest absolute Gasteiger partial charge is 0.508 e. The maximum Gasteiger partial charge on any atom is 0.305 e. The number of unbranched alkanes of at least 4 members (excludes halogenated alkanes) is 1. The Hall–Kier alpha value is -14.4. The van der Waals surface area contributed by atoms with E-state index in [-0.39, 0.29) is 68.8 Å². The summed E-state index contributed by atoms with van der Waals surface area (Å²) < 4.78 is 0. The summed E-state index contributed by atoms with van der Waals surface area (Å²) in [6.45, 7) is 6.21. The predicted molar refractivity (Wildman–Crippen MR) is 499 cm³/mol. The van der Waals surface area contributed by atoms with E-state index in [2.05, 4.69) is 68.1 Å². The van der Waals surface area contributed by atoms with Crippen LogP contribution in [0.1, 0.15) is 100 Å². The number of nitrogens with zero attached hydrogens (tertiary/aromatic N) is 4. The highest BCUT2D eigenvalue weighted by atomic mass is 32.2. The molecule has 36 nitrogen and oxygen atoms in total. The number of amides is 15. The number of thioether (sulfide) groups is 1. The number of aromatic hydroxyl groups is 1. The van der Waals surface area contributed by atoms with Gasteiger partial charge in [-0.1, -0.05) is 175 Å². The number of carboxylic acids is 1. The number of aliphatic carboxylic acids is 1. The Morgan fingerprint density at radius 2 is 0.857 bits per heavy atom. The number of H-pyrrole nitrogens is 3. The fourth-order valence-electron chi connectivity index (χ4n) is 16.0. The molecule has 1 aliphatic heterocycles. The fraction of sp³-hybridized carbons (Fsp3) is 0.396. The van der Waals surface area contributed by atoms with Gasteiger partial charge < -0.3 is 104 Å². The van der Waals surface area contributed by atoms with Crippen molar-refractivity contribution in [2.24, 2.45) is 17.6 Å². The van der Waals surface area contributed by atoms with Crippen molar-refractivity contribution in [2.45, 2.75) is 172 Å². The van der Waals surface area contributed by atoms with E-state index in [1.165, 1.54) is 62.3 Å². The molecule has 11 atom stereocenters. The van der Waals surface area contributed by atoms with Crippen molar-refractivity contribution in [2.75, 3.05) is 59.3 Å². The number of nitrogens with one attached hydrogen (secondary N) is 13. The average Bonchev–Trinajstić information content (AvgIpc) is 1.79. The van der Waals surface area contributed by atoms with Crippen molar-refractivity contribution in [3.63, 3.8) is 0 Å². The van der Waals surface area contributed by atoms with Gasteiger partial charge in [0.1, 0.15) is 72.2 Å². The highest BCUT2D eigenvalue weighted by molar-refractivity contribution is 8.00. The number of likely N-dealkylation sites (N-methyl/N-ethyl adjacent to an activating group) is 4. The van der Waals surface area contributed by atoms with Gasteiger partial charge in [0.2, 0.25) is 88.6 Å². The van der Waals surface area contributed by atoms with Gasteiger partial charge in [-0.25, -0.2) is 0 Å². The smallest absolute Gasteiger partial charge is 0.305 e. The Kier molecular flexibility index (Phi) is 36.3. The van der Waals surface area contributed by atoms with E-state index in [1.807, 2.05) is 6.92 Å². The van der Waals surface area contributed by atoms with Gasteiger partial charge in [0.05, 0.1) is 31.8 Å². The first-order valence-corrected chi connectivity index (χ1v) is 45.3. The van der Waals surface area contributed by atoms with E-state index in [0.717, 1.165) is 21.6 Å². The zero-order valence-electron chi connectivity index (χ0n) is 75.8. The molecule has 17 N–H and O–H groups in total. The molecule has 0 bridgehead atoms. The lowest BCUT2D eigenvalue weighted by atomic mass is 9.99. The van der Waals surface area contributed by atoms with Crippen LogP contribution in [-0.2, 0) is 115 Å². The molecule has 9 aromatic rings. The minimum Gasteiger partial charge on any atom is -0.508 e. The molecule has 1 saturated heterocycles. The number of nitrogens with two attached hydrogens (primary N) is 1. The van der Waals surface area contributed by atoms with Crippen molar-refractivity contribution in [1.29, 1.82) is 0 Å². The maximum absolute atomic E-state index is 15.6. The van der Waals surface area contributed by atoms with Crippen LogP contribution in [0.5, 0.6) is 5.75 Å². The summed E-state index contributed by atoms with van der Waals surface area (Å²) in [5.41, 5.74) is 10.6. The third-order valence-corrected chi connectivity index (χ3v) is 24.2. The molecule has 15 amide bonds. The number of fused-ring (bicyclic) bond motifs is 3. The van der Waals surface area contributed by atoms with Crippen molar-refractivity contribution in [3.8, 4) is 5.75 Å². The summed E-state index contributed by atoms with van der Waals surface area (Å²) in [4.78, 5) is 250. The second kappa shape index (κ2) is 48.0. The maximum atomic E-state index is 15.6. The Bertz CT molecular complexity index is 5650. The number of carboxylic acid groups (broad SMARTS) is 1. The van der Waals surface area contributed by atoms with Gasteiger partial charge in [-0.2, -0.15) is 0 Å². The normalized spacial score (nSPS) is 21.6. The summed E-state index contributed by atoms with van der Waals surface area (Å²) in [5, 5.41) is 49.6. The monoisotopic (exact) mass is 1840 g/mol. The molecule has 37 heteroatoms. The van der Waals surface area contributed by atoms with Crippen LogP contribution in [0.15, 0.2) is 176 Å². The van der Waals surface area contributed by atoms with Crippen LogP contribution >= 0.6 is 11.8 Å². The number of para-hydroxylation sites is 3. The molecule has 1 aliphatic rings. The zero-order valence-corrected chi connectivity index (χ0v) is 76.6. The van der Waals surface area contributed by atoms with Crippen molar-refractivity contribution in [1.82, 2.24) is 87.7 Å². The van der Waals surface area contributed by atoms with Crippen molar-refractivity contribution in [3.05, 3.63) is 210 Å². The molecule has 1 fully saturated rings. The van der Waals surface area contributed by atoms with Gasteiger partial charge in [-0.05, 0) is 88.4 Å². The van der Waals surface area contributed by atoms with Crippen LogP contribution < -0.4 is 58.9 Å². The van der Waals surface area contributed by atoms with E-state index in [1.54, 1.807) is 180 Å². The van der Waals surface area contributed by atoms with Gasteiger partial charge in [0.25, 0.3) is 0 Å². The molecule has 133 heavy (non-hydrogen) atoms. The molecular weight excluding hydrogens is 1730 g/mol. The first-order valence-electron chi connectivity index (χ1n) is 44.1. The molecule has 4 heterocycles. The third kappa shape index (κ3) is 28.6. The first kappa shape index (κ1) is 101. The average molecular weight is 1840 g/mol. The Morgan fingerprint density at radius 1 is 0.444 bits per heavy atom. The molecule has 0 saturated carbocycles. The van der Waals surface area contributed by atoms with Crippen LogP contribution in [0.2, 0.25) is 0 Å². The molecule has 706 valence electrons. The molecule has 0 unspecified atom stereocenters. The summed E-state index contributed by atoms with van der Waals surface area (Å²) in [6, 6.07) is 27.4. The van der Waals surface area contributed by atoms with Crippen molar-refractivity contribution >= 4 is 139 Å². The quantitative estimate of drug-likeness (QED) is 0.0437. The number of aromatic amines is 3. The summed E-state index contributed by atoms with van der Waals surface area (Å²) in [5.74, 6) is -17.3. The predicted octanol–water partition coefficient (Wildman–Crippen LogP) is 3.24. The number of primary amides is 1. The van der Waals surface area contributed by atoms with Crippen LogP contribution in [0.3, 0.4) is 0 Å². The molecule has 3 aromatic heterocycles. The molecule has 0 aliphatic carbocycles. The summed E-state index contributed by atoms with van der Waals surface area (Å²) in [6.07, 6.45) is 3.42. The summed E-state index contributed by atoms with van der Waals surface area (Å²) in [7, 11) is 5.30. The second-order valence-electron chi connectivity index (χ2n) is 34.2. The van der Waals surface area contributed by atoms with E-state index >= 15 is 47.9 Å². The van der Waals surface area contributed by atoms with Gasteiger partial charge >= 0.3 is 5.97 Å². The molecule has 0 radical (unpaired) electrons. The number of aromatic nitrogens is 3. The number of phenols is 1. The second-order valence-corrected chi connectivity index (χ2v) is 35.3. The number of hydrogen-bond acceptors (Lipinski definition) is 18. The Balaban J connectivity index is 1.04. The zero-order chi connectivity index (χ0) is 96.3. The fourth-order valence-corrected chi connectivity index (χ4v) is 16.9. The van der Waals surface area contributed by atoms with Gasteiger partial charge in [0, 0.05) is 124 Å². The molecular formula is C96H118N18O18S. The Morgan fingerprint density at radius 3 is 1.37 bits per heavy atom. The number of hydrogen-bond donors (Lipinski definition) is 16. The van der Waals surface area contributed by atoms with Gasteiger partial charge in [0.15, 0.2) is 0 Å². The van der Waals surface area contributed by atoms with Crippen LogP contribution in [0, 0.1) is 11.8 Å². The highest BCUT2D eigenvalue weighted by Gasteiger charge is 2.42. The first-order chi connectivity index (χ1) is 63.5. The number of carbonyl (C=O) groups is 16. The lowest BCUT2D eigenvalue weighted by Crippen LogP contribution is -2.61. The van der Waals surface area contributed by atoms with E-state index < -0.39 is 199 Å². The molecule has 0 spiro atoms. The van der Waals surface area contributed by atoms with Gasteiger partial charge in [-0.3, -0.25) is 76.7 Å². The van der Waals surface area contributed by atoms with Crippen LogP contribution in [-0.4, -0.2) is 265 Å². The van der Waals surface area contributed by atoms with E-state index in [0.29, 0.717) is 78.9 Å². The lowest BCUT2D eigenvalue weighted by molar-refractivity contribution is -0.151. The van der Waals surface area contributed by atoms with E-state index in [9.17, 15) is 39.0 Å². The topological polar surface area (TPSA) is 520 Å². The molecule has 6 aromatic carbocycles. The SMILES string of the molecule is CCCC[C@H]1C(=O)N(C)CC(=O)N[C@@H](CC(=O)O)C(=O)N[C@@H](C(C)C)C(=O)N[C@@H](Cc2c[nH]c3ccccc23)C(=O)N[C@@H](Cc2c[nH]c3ccccc23)C(=O)N(C)CC(=O)N[C@@H](Cc2c[nH]c3ccccc23)C(=O)N[C@@H](Cc2ccc(O)cc2)C(=O)N[C@@H](CC(C)C)C(=O)N[C@H](C(=O)NCC(N)=O)CSCC(=O)N[C@@H](Cc2ccccc2)C(=O)N(C)[C@H](Cc2ccccc2)C(=O)N1C. The third-order valence-electron chi connectivity index (χ3n) is 23.1. The number of carbonyl (C=O) groups excluding carboxylic acids is 15. The minimum atomic E-state index is -1.91. The van der Waals surface area contributed by atoms with Gasteiger partial charge in [-0.15, -0.1) is 11.8 Å². The standard InChI is InChI=1S/C96H118N18O18S/c1-10-11-34-78-95(131)112(7)52-82(118)103-74(46-84(120)121)91(127)110-85(56(4)5)92(128)107-73(44-61-48-99-68-32-22-19-29-65(61)68)90(126)108-76(45-62-49-100-69-33-23-20-30-66(62)69)93(129)111(6)51-81(117)102-72(43-60-47-98-67-31-21-18-28-64(60)67)89(125)106-71(40-59-35-37-63(115)38-36-59)88(124)105-70(39-55(2)3)87(123)109-77(86(122)101-50-80(97)116)53-133-54-83(119)104-75(41-57-24-14-12-15-25-57)94(130)114(9)79(96(132)113(78)8)42-58-26-16-13-17-27-58/h12-33,35-38,47-49,55-56,70-79,85,98-100,115H,10-11,34,39-46,50-54H2,1-9H3,(H2,97,116)(H,101,122)(H,102,117)(H,103,118)(H,104,119)(H,105,124)(H,106,125)(H,107,128)(H,108,126)(H,109,123)(H,110,127)(H,120,121)/t70-,71-,72-,73-,74-,75-,76-,77-,78-,79+,85-/m0/s1. The van der Waals surface area contributed by atoms with Crippen molar-refractivity contribution < 1.29 is 86.9 Å². The number of rotatable bonds is 23.